The minimum absolute atomic E-state index is 0.0386. The average Bonchev–Trinajstić information content (AvgIpc) is 2.85. The highest BCUT2D eigenvalue weighted by Gasteiger charge is 2.13. The Morgan fingerprint density at radius 3 is 2.80 bits per heavy atom. The Kier molecular flexibility index (Phi) is 3.74. The van der Waals surface area contributed by atoms with Gasteiger partial charge in [-0.15, -0.1) is 11.3 Å². The third kappa shape index (κ3) is 2.57. The van der Waals surface area contributed by atoms with E-state index in [0.29, 0.717) is 12.0 Å². The van der Waals surface area contributed by atoms with Gasteiger partial charge in [-0.2, -0.15) is 0 Å². The van der Waals surface area contributed by atoms with Gasteiger partial charge in [0, 0.05) is 11.1 Å². The molecular formula is C16H12ClFOS. The van der Waals surface area contributed by atoms with Crippen LogP contribution < -0.4 is 0 Å². The molecular weight excluding hydrogens is 295 g/mol. The predicted octanol–water partition coefficient (Wildman–Crippen LogP) is 4.97. The monoisotopic (exact) mass is 306 g/mol. The van der Waals surface area contributed by atoms with Crippen molar-refractivity contribution >= 4 is 33.0 Å². The Balaban J connectivity index is 1.88. The Hall–Kier alpha value is -1.42. The molecule has 3 aromatic rings. The molecule has 102 valence electrons. The van der Waals surface area contributed by atoms with E-state index in [1.54, 1.807) is 17.4 Å². The normalized spacial score (nSPS) is 12.8. The van der Waals surface area contributed by atoms with Gasteiger partial charge in [-0.05, 0) is 40.1 Å². The molecule has 1 atom stereocenters. The molecule has 0 radical (unpaired) electrons. The van der Waals surface area contributed by atoms with E-state index < -0.39 is 11.9 Å². The van der Waals surface area contributed by atoms with E-state index in [4.69, 9.17) is 11.6 Å². The molecule has 1 unspecified atom stereocenters. The number of thiophene rings is 1. The number of aliphatic hydroxyl groups is 1. The van der Waals surface area contributed by atoms with Gasteiger partial charge in [-0.3, -0.25) is 0 Å². The average molecular weight is 307 g/mol. The first-order valence-corrected chi connectivity index (χ1v) is 7.49. The van der Waals surface area contributed by atoms with Gasteiger partial charge in [0.25, 0.3) is 0 Å². The summed E-state index contributed by atoms with van der Waals surface area (Å²) in [6, 6.07) is 12.4. The number of halogens is 2. The summed E-state index contributed by atoms with van der Waals surface area (Å²) in [5.74, 6) is -0.469. The summed E-state index contributed by atoms with van der Waals surface area (Å²) >= 11 is 7.41. The van der Waals surface area contributed by atoms with Gasteiger partial charge in [-0.25, -0.2) is 4.39 Å². The zero-order valence-corrected chi connectivity index (χ0v) is 12.1. The number of fused-ring (bicyclic) bond motifs is 1. The van der Waals surface area contributed by atoms with E-state index >= 15 is 0 Å². The molecule has 4 heteroatoms. The maximum absolute atomic E-state index is 13.1. The van der Waals surface area contributed by atoms with Crippen LogP contribution in [-0.4, -0.2) is 5.11 Å². The molecule has 20 heavy (non-hydrogen) atoms. The molecule has 0 aliphatic rings. The molecule has 0 saturated carbocycles. The highest BCUT2D eigenvalue weighted by Crippen LogP contribution is 2.30. The molecule has 0 aliphatic heterocycles. The minimum Gasteiger partial charge on any atom is -0.388 e. The SMILES string of the molecule is OC(Cc1csc2ccccc12)c1ccc(F)c(Cl)c1. The van der Waals surface area contributed by atoms with Gasteiger partial charge in [-0.1, -0.05) is 35.9 Å². The van der Waals surface area contributed by atoms with Crippen LogP contribution in [0.2, 0.25) is 5.02 Å². The molecule has 1 aromatic heterocycles. The van der Waals surface area contributed by atoms with E-state index in [0.717, 1.165) is 10.9 Å². The van der Waals surface area contributed by atoms with Gasteiger partial charge >= 0.3 is 0 Å². The Labute approximate surface area is 125 Å². The molecule has 0 aliphatic carbocycles. The minimum atomic E-state index is -0.689. The first-order chi connectivity index (χ1) is 9.65. The van der Waals surface area contributed by atoms with Gasteiger partial charge < -0.3 is 5.11 Å². The van der Waals surface area contributed by atoms with Crippen molar-refractivity contribution in [3.63, 3.8) is 0 Å². The van der Waals surface area contributed by atoms with Crippen molar-refractivity contribution in [3.05, 3.63) is 69.8 Å². The van der Waals surface area contributed by atoms with Crippen LogP contribution in [0.1, 0.15) is 17.2 Å². The molecule has 2 aromatic carbocycles. The molecule has 1 N–H and O–H groups in total. The van der Waals surface area contributed by atoms with Crippen molar-refractivity contribution < 1.29 is 9.50 Å². The second kappa shape index (κ2) is 5.52. The Bertz CT molecular complexity index is 753. The third-order valence-corrected chi connectivity index (χ3v) is 4.60. The van der Waals surface area contributed by atoms with Gasteiger partial charge in [0.15, 0.2) is 0 Å². The molecule has 3 rings (SSSR count). The van der Waals surface area contributed by atoms with Crippen molar-refractivity contribution in [2.75, 3.05) is 0 Å². The smallest absolute Gasteiger partial charge is 0.141 e. The van der Waals surface area contributed by atoms with Gasteiger partial charge in [0.1, 0.15) is 5.82 Å². The summed E-state index contributed by atoms with van der Waals surface area (Å²) in [4.78, 5) is 0. The van der Waals surface area contributed by atoms with Crippen LogP contribution >= 0.6 is 22.9 Å². The van der Waals surface area contributed by atoms with Crippen LogP contribution in [0.5, 0.6) is 0 Å². The molecule has 0 bridgehead atoms. The second-order valence-electron chi connectivity index (χ2n) is 4.65. The molecule has 0 spiro atoms. The number of benzene rings is 2. The summed E-state index contributed by atoms with van der Waals surface area (Å²) in [6.45, 7) is 0. The fourth-order valence-corrected chi connectivity index (χ4v) is 3.40. The first kappa shape index (κ1) is 13.6. The molecule has 0 amide bonds. The van der Waals surface area contributed by atoms with Crippen LogP contribution in [0, 0.1) is 5.82 Å². The van der Waals surface area contributed by atoms with Crippen LogP contribution in [-0.2, 0) is 6.42 Å². The fraction of sp³-hybridized carbons (Fsp3) is 0.125. The van der Waals surface area contributed by atoms with Gasteiger partial charge in [0.2, 0.25) is 0 Å². The van der Waals surface area contributed by atoms with Crippen molar-refractivity contribution in [2.45, 2.75) is 12.5 Å². The lowest BCUT2D eigenvalue weighted by Gasteiger charge is -2.11. The van der Waals surface area contributed by atoms with Gasteiger partial charge in [0.05, 0.1) is 11.1 Å². The number of aliphatic hydroxyl groups excluding tert-OH is 1. The number of hydrogen-bond acceptors (Lipinski definition) is 2. The Morgan fingerprint density at radius 1 is 1.20 bits per heavy atom. The van der Waals surface area contributed by atoms with E-state index in [-0.39, 0.29) is 5.02 Å². The van der Waals surface area contributed by atoms with Crippen molar-refractivity contribution in [1.82, 2.24) is 0 Å². The summed E-state index contributed by atoms with van der Waals surface area (Å²) in [6.07, 6.45) is -0.197. The van der Waals surface area contributed by atoms with Crippen LogP contribution in [0.15, 0.2) is 47.8 Å². The summed E-state index contributed by atoms with van der Waals surface area (Å²) in [7, 11) is 0. The lowest BCUT2D eigenvalue weighted by atomic mass is 10.0. The van der Waals surface area contributed by atoms with Crippen LogP contribution in [0.4, 0.5) is 4.39 Å². The zero-order valence-electron chi connectivity index (χ0n) is 10.5. The quantitative estimate of drug-likeness (QED) is 0.724. The zero-order chi connectivity index (χ0) is 14.1. The summed E-state index contributed by atoms with van der Waals surface area (Å²) in [5, 5.41) is 13.5. The molecule has 1 heterocycles. The van der Waals surface area contributed by atoms with E-state index in [1.807, 2.05) is 18.2 Å². The molecule has 1 nitrogen and oxygen atoms in total. The lowest BCUT2D eigenvalue weighted by Crippen LogP contribution is -2.01. The summed E-state index contributed by atoms with van der Waals surface area (Å²) < 4.78 is 14.3. The van der Waals surface area contributed by atoms with E-state index in [1.165, 1.54) is 16.8 Å². The third-order valence-electron chi connectivity index (χ3n) is 3.30. The predicted molar refractivity (Wildman–Crippen MR) is 81.9 cm³/mol. The topological polar surface area (TPSA) is 20.2 Å². The number of rotatable bonds is 3. The molecule has 0 saturated heterocycles. The Morgan fingerprint density at radius 2 is 2.00 bits per heavy atom. The van der Waals surface area contributed by atoms with Crippen molar-refractivity contribution in [1.29, 1.82) is 0 Å². The maximum atomic E-state index is 13.1. The largest absolute Gasteiger partial charge is 0.388 e. The fourth-order valence-electron chi connectivity index (χ4n) is 2.24. The van der Waals surface area contributed by atoms with Crippen molar-refractivity contribution in [3.8, 4) is 0 Å². The maximum Gasteiger partial charge on any atom is 0.141 e. The molecule has 0 fully saturated rings. The first-order valence-electron chi connectivity index (χ1n) is 6.23. The lowest BCUT2D eigenvalue weighted by molar-refractivity contribution is 0.179. The standard InChI is InChI=1S/C16H12ClFOS/c17-13-7-10(5-6-14(13)18)15(19)8-11-9-20-16-4-2-1-3-12(11)16/h1-7,9,15,19H,8H2. The van der Waals surface area contributed by atoms with Crippen LogP contribution in [0.3, 0.4) is 0 Å². The highest BCUT2D eigenvalue weighted by molar-refractivity contribution is 7.17. The van der Waals surface area contributed by atoms with E-state index in [9.17, 15) is 9.50 Å². The summed E-state index contributed by atoms with van der Waals surface area (Å²) in [5.41, 5.74) is 1.73. The van der Waals surface area contributed by atoms with E-state index in [2.05, 4.69) is 11.4 Å². The number of hydrogen-bond donors (Lipinski definition) is 1. The second-order valence-corrected chi connectivity index (χ2v) is 5.97. The highest BCUT2D eigenvalue weighted by atomic mass is 35.5. The van der Waals surface area contributed by atoms with Crippen LogP contribution in [0.25, 0.3) is 10.1 Å². The van der Waals surface area contributed by atoms with Crippen molar-refractivity contribution in [2.24, 2.45) is 0 Å².